The van der Waals surface area contributed by atoms with E-state index in [1.165, 1.54) is 0 Å². The zero-order chi connectivity index (χ0) is 12.3. The Labute approximate surface area is 101 Å². The maximum absolute atomic E-state index is 11.4. The van der Waals surface area contributed by atoms with Crippen molar-refractivity contribution >= 4 is 17.3 Å². The van der Waals surface area contributed by atoms with Gasteiger partial charge in [0, 0.05) is 6.20 Å². The fourth-order valence-corrected chi connectivity index (χ4v) is 1.96. The molecule has 0 aliphatic carbocycles. The summed E-state index contributed by atoms with van der Waals surface area (Å²) in [4.78, 5) is 11.4. The van der Waals surface area contributed by atoms with Gasteiger partial charge in [0.1, 0.15) is 11.8 Å². The van der Waals surface area contributed by atoms with Gasteiger partial charge in [0.15, 0.2) is 0 Å². The number of aromatic nitrogens is 3. The largest absolute Gasteiger partial charge is 0.461 e. The molecule has 2 aromatic rings. The highest BCUT2D eigenvalue weighted by molar-refractivity contribution is 7.15. The number of esters is 1. The van der Waals surface area contributed by atoms with Gasteiger partial charge in [0.2, 0.25) is 10.1 Å². The Bertz CT molecular complexity index is 581. The number of hydrogen-bond donors (Lipinski definition) is 0. The molecule has 86 valence electrons. The Morgan fingerprint density at radius 1 is 1.65 bits per heavy atom. The topological polar surface area (TPSA) is 80.8 Å². The van der Waals surface area contributed by atoms with Crippen LogP contribution < -0.4 is 0 Å². The maximum Gasteiger partial charge on any atom is 0.369 e. The quantitative estimate of drug-likeness (QED) is 0.766. The first-order chi connectivity index (χ1) is 8.26. The molecule has 0 aliphatic heterocycles. The zero-order valence-corrected chi connectivity index (χ0v) is 9.77. The Kier molecular flexibility index (Phi) is 3.16. The van der Waals surface area contributed by atoms with Crippen molar-refractivity contribution in [2.45, 2.75) is 6.92 Å². The Hall–Kier alpha value is -2.20. The molecule has 0 saturated carbocycles. The van der Waals surface area contributed by atoms with Crippen LogP contribution in [-0.2, 0) is 4.74 Å². The summed E-state index contributed by atoms with van der Waals surface area (Å²) in [6, 6.07) is 5.41. The Morgan fingerprint density at radius 3 is 3.18 bits per heavy atom. The van der Waals surface area contributed by atoms with Crippen LogP contribution in [-0.4, -0.2) is 27.3 Å². The number of nitriles is 1. The molecule has 2 heterocycles. The third kappa shape index (κ3) is 2.16. The molecule has 0 saturated heterocycles. The number of rotatable bonds is 3. The molecule has 0 radical (unpaired) electrons. The van der Waals surface area contributed by atoms with E-state index in [0.29, 0.717) is 17.4 Å². The molecule has 0 amide bonds. The normalized spacial score (nSPS) is 9.88. The van der Waals surface area contributed by atoms with Gasteiger partial charge in [-0.2, -0.15) is 5.26 Å². The SMILES string of the molecule is CCOC(=O)c1nnc(-n2cccc2C#N)s1. The third-order valence-corrected chi connectivity index (χ3v) is 2.84. The average molecular weight is 248 g/mol. The van der Waals surface area contributed by atoms with Crippen LogP contribution >= 0.6 is 11.3 Å². The van der Waals surface area contributed by atoms with E-state index in [1.54, 1.807) is 29.8 Å². The average Bonchev–Trinajstić information content (AvgIpc) is 2.97. The molecule has 0 aromatic carbocycles. The van der Waals surface area contributed by atoms with E-state index in [1.807, 2.05) is 6.07 Å². The van der Waals surface area contributed by atoms with E-state index >= 15 is 0 Å². The molecular weight excluding hydrogens is 240 g/mol. The summed E-state index contributed by atoms with van der Waals surface area (Å²) in [5, 5.41) is 17.1. The van der Waals surface area contributed by atoms with Crippen molar-refractivity contribution in [3.63, 3.8) is 0 Å². The predicted molar refractivity (Wildman–Crippen MR) is 59.9 cm³/mol. The van der Waals surface area contributed by atoms with Crippen molar-refractivity contribution in [3.05, 3.63) is 29.0 Å². The molecule has 0 unspecified atom stereocenters. The summed E-state index contributed by atoms with van der Waals surface area (Å²) in [5.74, 6) is -0.498. The lowest BCUT2D eigenvalue weighted by Gasteiger charge is -1.96. The fraction of sp³-hybridized carbons (Fsp3) is 0.200. The van der Waals surface area contributed by atoms with Gasteiger partial charge in [0.05, 0.1) is 6.61 Å². The van der Waals surface area contributed by atoms with Gasteiger partial charge in [0.25, 0.3) is 0 Å². The van der Waals surface area contributed by atoms with Crippen LogP contribution in [0, 0.1) is 11.3 Å². The van der Waals surface area contributed by atoms with Crippen LogP contribution in [0.1, 0.15) is 22.4 Å². The first-order valence-electron chi connectivity index (χ1n) is 4.84. The van der Waals surface area contributed by atoms with Crippen LogP contribution in [0.5, 0.6) is 0 Å². The second-order valence-electron chi connectivity index (χ2n) is 2.99. The lowest BCUT2D eigenvalue weighted by Crippen LogP contribution is -2.03. The summed E-state index contributed by atoms with van der Waals surface area (Å²) in [6.07, 6.45) is 1.69. The van der Waals surface area contributed by atoms with Gasteiger partial charge in [-0.15, -0.1) is 10.2 Å². The number of carbonyl (C=O) groups is 1. The Morgan fingerprint density at radius 2 is 2.47 bits per heavy atom. The minimum atomic E-state index is -0.498. The highest BCUT2D eigenvalue weighted by Crippen LogP contribution is 2.17. The van der Waals surface area contributed by atoms with Crippen molar-refractivity contribution in [2.75, 3.05) is 6.61 Å². The van der Waals surface area contributed by atoms with Gasteiger partial charge in [-0.05, 0) is 19.1 Å². The van der Waals surface area contributed by atoms with E-state index in [0.717, 1.165) is 11.3 Å². The summed E-state index contributed by atoms with van der Waals surface area (Å²) in [6.45, 7) is 2.01. The first-order valence-corrected chi connectivity index (χ1v) is 5.66. The molecule has 0 bridgehead atoms. The lowest BCUT2D eigenvalue weighted by atomic mass is 10.5. The second-order valence-corrected chi connectivity index (χ2v) is 3.94. The molecule has 2 aromatic heterocycles. The van der Waals surface area contributed by atoms with E-state index in [-0.39, 0.29) is 5.01 Å². The van der Waals surface area contributed by atoms with Crippen molar-refractivity contribution in [1.82, 2.24) is 14.8 Å². The van der Waals surface area contributed by atoms with Crippen LogP contribution in [0.4, 0.5) is 0 Å². The smallest absolute Gasteiger partial charge is 0.369 e. The third-order valence-electron chi connectivity index (χ3n) is 1.93. The second kappa shape index (κ2) is 4.76. The van der Waals surface area contributed by atoms with Gasteiger partial charge < -0.3 is 4.74 Å². The molecule has 0 N–H and O–H groups in total. The Balaban J connectivity index is 2.31. The van der Waals surface area contributed by atoms with Crippen LogP contribution in [0.15, 0.2) is 18.3 Å². The van der Waals surface area contributed by atoms with E-state index in [4.69, 9.17) is 10.00 Å². The first kappa shape index (κ1) is 11.3. The van der Waals surface area contributed by atoms with E-state index in [2.05, 4.69) is 10.2 Å². The highest BCUT2D eigenvalue weighted by atomic mass is 32.1. The van der Waals surface area contributed by atoms with Crippen LogP contribution in [0.2, 0.25) is 0 Å². The molecule has 6 nitrogen and oxygen atoms in total. The van der Waals surface area contributed by atoms with Crippen LogP contribution in [0.3, 0.4) is 0 Å². The minimum absolute atomic E-state index is 0.180. The molecule has 0 fully saturated rings. The summed E-state index contributed by atoms with van der Waals surface area (Å²) in [5.41, 5.74) is 0.441. The van der Waals surface area contributed by atoms with Crippen molar-refractivity contribution in [3.8, 4) is 11.2 Å². The lowest BCUT2D eigenvalue weighted by molar-refractivity contribution is 0.0525. The molecular formula is C10H8N4O2S. The number of nitrogens with zero attached hydrogens (tertiary/aromatic N) is 4. The van der Waals surface area contributed by atoms with Gasteiger partial charge in [-0.1, -0.05) is 11.3 Å². The molecule has 0 atom stereocenters. The molecule has 17 heavy (non-hydrogen) atoms. The summed E-state index contributed by atoms with van der Waals surface area (Å²) < 4.78 is 6.38. The van der Waals surface area contributed by atoms with Crippen molar-refractivity contribution < 1.29 is 9.53 Å². The number of carbonyl (C=O) groups excluding carboxylic acids is 1. The monoisotopic (exact) mass is 248 g/mol. The predicted octanol–water partition coefficient (Wildman–Crippen LogP) is 1.38. The number of ether oxygens (including phenoxy) is 1. The number of hydrogen-bond acceptors (Lipinski definition) is 6. The summed E-state index contributed by atoms with van der Waals surface area (Å²) in [7, 11) is 0. The van der Waals surface area contributed by atoms with E-state index < -0.39 is 5.97 Å². The van der Waals surface area contributed by atoms with Crippen LogP contribution in [0.25, 0.3) is 5.13 Å². The van der Waals surface area contributed by atoms with Crippen molar-refractivity contribution in [1.29, 1.82) is 5.26 Å². The summed E-state index contributed by atoms with van der Waals surface area (Å²) >= 11 is 1.08. The molecule has 2 rings (SSSR count). The molecule has 7 heteroatoms. The molecule has 0 aliphatic rings. The van der Waals surface area contributed by atoms with Gasteiger partial charge in [-0.3, -0.25) is 4.57 Å². The fourth-order valence-electron chi connectivity index (χ4n) is 1.23. The zero-order valence-electron chi connectivity index (χ0n) is 8.95. The maximum atomic E-state index is 11.4. The van der Waals surface area contributed by atoms with E-state index in [9.17, 15) is 4.79 Å². The van der Waals surface area contributed by atoms with Gasteiger partial charge in [-0.25, -0.2) is 4.79 Å². The standard InChI is InChI=1S/C10H8N4O2S/c1-2-16-9(15)8-12-13-10(17-8)14-5-3-4-7(14)6-11/h3-5H,2H2,1H3. The highest BCUT2D eigenvalue weighted by Gasteiger charge is 2.15. The molecule has 0 spiro atoms. The van der Waals surface area contributed by atoms with Crippen molar-refractivity contribution in [2.24, 2.45) is 0 Å². The van der Waals surface area contributed by atoms with Gasteiger partial charge >= 0.3 is 5.97 Å². The minimum Gasteiger partial charge on any atom is -0.461 e.